The lowest BCUT2D eigenvalue weighted by Gasteiger charge is -2.13. The Labute approximate surface area is 114 Å². The number of hydrogen-bond acceptors (Lipinski definition) is 4. The molecule has 0 bridgehead atoms. The molecule has 4 heteroatoms. The van der Waals surface area contributed by atoms with E-state index in [1.165, 1.54) is 0 Å². The smallest absolute Gasteiger partial charge is 0.161 e. The zero-order chi connectivity index (χ0) is 13.2. The third-order valence-corrected chi connectivity index (χ3v) is 3.42. The first-order valence-electron chi connectivity index (χ1n) is 6.48. The molecule has 0 saturated heterocycles. The first-order valence-corrected chi connectivity index (χ1v) is 7.63. The molecule has 0 saturated carbocycles. The molecular formula is C14H23NO2S. The lowest BCUT2D eigenvalue weighted by Crippen LogP contribution is -2.03. The fourth-order valence-electron chi connectivity index (χ4n) is 1.55. The Balaban J connectivity index is 2.52. The van der Waals surface area contributed by atoms with E-state index >= 15 is 0 Å². The summed E-state index contributed by atoms with van der Waals surface area (Å²) in [6.07, 6.45) is 1.06. The Bertz CT molecular complexity index is 345. The molecule has 1 aromatic carbocycles. The highest BCUT2D eigenvalue weighted by Crippen LogP contribution is 2.28. The van der Waals surface area contributed by atoms with Gasteiger partial charge in [-0.2, -0.15) is 11.8 Å². The Morgan fingerprint density at radius 1 is 1.17 bits per heavy atom. The van der Waals surface area contributed by atoms with Gasteiger partial charge in [0.25, 0.3) is 0 Å². The van der Waals surface area contributed by atoms with Gasteiger partial charge in [-0.25, -0.2) is 0 Å². The number of hydrogen-bond donors (Lipinski definition) is 1. The van der Waals surface area contributed by atoms with Crippen molar-refractivity contribution in [2.75, 3.05) is 24.7 Å². The first kappa shape index (κ1) is 15.2. The molecule has 0 aromatic heterocycles. The van der Waals surface area contributed by atoms with Gasteiger partial charge in [0.2, 0.25) is 0 Å². The molecule has 0 fully saturated rings. The Kier molecular flexibility index (Phi) is 7.69. The Morgan fingerprint density at radius 2 is 2.00 bits per heavy atom. The van der Waals surface area contributed by atoms with Crippen molar-refractivity contribution >= 4 is 11.8 Å². The molecule has 0 atom stereocenters. The number of benzene rings is 1. The second-order valence-corrected chi connectivity index (χ2v) is 5.21. The van der Waals surface area contributed by atoms with Crippen LogP contribution in [0.5, 0.6) is 11.5 Å². The van der Waals surface area contributed by atoms with Gasteiger partial charge in [-0.3, -0.25) is 0 Å². The van der Waals surface area contributed by atoms with Crippen LogP contribution in [0.1, 0.15) is 25.8 Å². The molecule has 0 spiro atoms. The van der Waals surface area contributed by atoms with Gasteiger partial charge in [-0.15, -0.1) is 0 Å². The summed E-state index contributed by atoms with van der Waals surface area (Å²) < 4.78 is 11.3. The zero-order valence-corrected chi connectivity index (χ0v) is 12.1. The summed E-state index contributed by atoms with van der Waals surface area (Å²) in [5.41, 5.74) is 6.68. The van der Waals surface area contributed by atoms with E-state index in [2.05, 4.69) is 6.92 Å². The topological polar surface area (TPSA) is 44.5 Å². The van der Waals surface area contributed by atoms with Gasteiger partial charge in [0.1, 0.15) is 0 Å². The first-order chi connectivity index (χ1) is 8.81. The lowest BCUT2D eigenvalue weighted by molar-refractivity contribution is 0.277. The van der Waals surface area contributed by atoms with Gasteiger partial charge >= 0.3 is 0 Å². The summed E-state index contributed by atoms with van der Waals surface area (Å²) in [5, 5.41) is 0. The number of nitrogens with two attached hydrogens (primary N) is 1. The minimum absolute atomic E-state index is 0.521. The van der Waals surface area contributed by atoms with Crippen LogP contribution in [0.2, 0.25) is 0 Å². The molecule has 0 radical (unpaired) electrons. The zero-order valence-electron chi connectivity index (χ0n) is 11.3. The normalized spacial score (nSPS) is 10.4. The second kappa shape index (κ2) is 9.11. The van der Waals surface area contributed by atoms with Gasteiger partial charge in [0.15, 0.2) is 11.5 Å². The van der Waals surface area contributed by atoms with Crippen LogP contribution < -0.4 is 15.2 Å². The highest BCUT2D eigenvalue weighted by atomic mass is 32.2. The number of ether oxygens (including phenoxy) is 2. The Hall–Kier alpha value is -0.870. The standard InChI is InChI=1S/C14H23NO2S/c1-3-16-14-10-12(11-15)6-7-13(14)17-8-5-9-18-4-2/h6-7,10H,3-5,8-9,11,15H2,1-2H3. The van der Waals surface area contributed by atoms with E-state index in [0.29, 0.717) is 13.2 Å². The largest absolute Gasteiger partial charge is 0.490 e. The van der Waals surface area contributed by atoms with Crippen molar-refractivity contribution in [1.82, 2.24) is 0 Å². The average molecular weight is 269 g/mol. The molecule has 3 nitrogen and oxygen atoms in total. The summed E-state index contributed by atoms with van der Waals surface area (Å²) in [4.78, 5) is 0. The SMILES string of the molecule is CCOc1cc(CN)ccc1OCCCSCC. The van der Waals surface area contributed by atoms with Crippen LogP contribution in [-0.2, 0) is 6.54 Å². The monoisotopic (exact) mass is 269 g/mol. The molecule has 1 rings (SSSR count). The van der Waals surface area contributed by atoms with Crippen LogP contribution in [0.15, 0.2) is 18.2 Å². The van der Waals surface area contributed by atoms with Gasteiger partial charge in [-0.1, -0.05) is 13.0 Å². The minimum Gasteiger partial charge on any atom is -0.490 e. The summed E-state index contributed by atoms with van der Waals surface area (Å²) in [7, 11) is 0. The van der Waals surface area contributed by atoms with Gasteiger partial charge < -0.3 is 15.2 Å². The van der Waals surface area contributed by atoms with Crippen molar-refractivity contribution in [2.45, 2.75) is 26.8 Å². The molecule has 0 unspecified atom stereocenters. The van der Waals surface area contributed by atoms with Crippen LogP contribution in [0, 0.1) is 0 Å². The van der Waals surface area contributed by atoms with E-state index in [4.69, 9.17) is 15.2 Å². The molecule has 0 amide bonds. The van der Waals surface area contributed by atoms with E-state index in [-0.39, 0.29) is 0 Å². The molecule has 18 heavy (non-hydrogen) atoms. The van der Waals surface area contributed by atoms with Crippen LogP contribution in [0.3, 0.4) is 0 Å². The molecule has 0 heterocycles. The number of thioether (sulfide) groups is 1. The third-order valence-electron chi connectivity index (χ3n) is 2.44. The minimum atomic E-state index is 0.521. The van der Waals surface area contributed by atoms with Crippen molar-refractivity contribution in [3.63, 3.8) is 0 Å². The van der Waals surface area contributed by atoms with E-state index in [9.17, 15) is 0 Å². The van der Waals surface area contributed by atoms with E-state index in [1.807, 2.05) is 36.9 Å². The van der Waals surface area contributed by atoms with Crippen molar-refractivity contribution in [3.8, 4) is 11.5 Å². The van der Waals surface area contributed by atoms with Gasteiger partial charge in [-0.05, 0) is 42.5 Å². The predicted octanol–water partition coefficient (Wildman–Crippen LogP) is 3.07. The maximum absolute atomic E-state index is 5.76. The Morgan fingerprint density at radius 3 is 2.67 bits per heavy atom. The van der Waals surface area contributed by atoms with Crippen molar-refractivity contribution < 1.29 is 9.47 Å². The van der Waals surface area contributed by atoms with Crippen LogP contribution in [0.25, 0.3) is 0 Å². The van der Waals surface area contributed by atoms with Gasteiger partial charge in [0, 0.05) is 6.54 Å². The summed E-state index contributed by atoms with van der Waals surface area (Å²) in [5.74, 6) is 3.91. The summed E-state index contributed by atoms with van der Waals surface area (Å²) >= 11 is 1.94. The maximum Gasteiger partial charge on any atom is 0.161 e. The van der Waals surface area contributed by atoms with Crippen molar-refractivity contribution in [2.24, 2.45) is 5.73 Å². The van der Waals surface area contributed by atoms with Gasteiger partial charge in [0.05, 0.1) is 13.2 Å². The maximum atomic E-state index is 5.76. The summed E-state index contributed by atoms with van der Waals surface area (Å²) in [6.45, 7) is 6.03. The molecule has 102 valence electrons. The molecular weight excluding hydrogens is 246 g/mol. The predicted molar refractivity (Wildman–Crippen MR) is 78.6 cm³/mol. The van der Waals surface area contributed by atoms with Crippen LogP contribution in [-0.4, -0.2) is 24.7 Å². The average Bonchev–Trinajstić information content (AvgIpc) is 2.40. The quantitative estimate of drug-likeness (QED) is 0.700. The van der Waals surface area contributed by atoms with E-state index in [1.54, 1.807) is 0 Å². The van der Waals surface area contributed by atoms with Crippen LogP contribution >= 0.6 is 11.8 Å². The van der Waals surface area contributed by atoms with Crippen molar-refractivity contribution in [1.29, 1.82) is 0 Å². The van der Waals surface area contributed by atoms with Crippen LogP contribution in [0.4, 0.5) is 0 Å². The molecule has 0 aliphatic heterocycles. The highest BCUT2D eigenvalue weighted by molar-refractivity contribution is 7.99. The summed E-state index contributed by atoms with van der Waals surface area (Å²) in [6, 6.07) is 5.89. The number of rotatable bonds is 9. The third kappa shape index (κ3) is 5.19. The van der Waals surface area contributed by atoms with E-state index < -0.39 is 0 Å². The fourth-order valence-corrected chi connectivity index (χ4v) is 2.17. The van der Waals surface area contributed by atoms with E-state index in [0.717, 1.165) is 41.6 Å². The molecule has 0 aliphatic carbocycles. The molecule has 0 aliphatic rings. The van der Waals surface area contributed by atoms with Crippen molar-refractivity contribution in [3.05, 3.63) is 23.8 Å². The fraction of sp³-hybridized carbons (Fsp3) is 0.571. The lowest BCUT2D eigenvalue weighted by atomic mass is 10.2. The molecule has 2 N–H and O–H groups in total. The molecule has 1 aromatic rings. The highest BCUT2D eigenvalue weighted by Gasteiger charge is 2.05. The second-order valence-electron chi connectivity index (χ2n) is 3.82.